The van der Waals surface area contributed by atoms with Crippen LogP contribution in [0.15, 0.2) is 77.3 Å². The van der Waals surface area contributed by atoms with E-state index in [9.17, 15) is 9.59 Å². The van der Waals surface area contributed by atoms with Crippen LogP contribution in [0.25, 0.3) is 0 Å². The van der Waals surface area contributed by atoms with Crippen molar-refractivity contribution in [2.75, 3.05) is 10.6 Å². The minimum Gasteiger partial charge on any atom is -0.486 e. The lowest BCUT2D eigenvalue weighted by molar-refractivity contribution is 0.0990. The van der Waals surface area contributed by atoms with E-state index in [1.54, 1.807) is 60.4 Å². The minimum atomic E-state index is -0.376. The van der Waals surface area contributed by atoms with Crippen molar-refractivity contribution in [1.82, 2.24) is 9.78 Å². The lowest BCUT2D eigenvalue weighted by atomic mass is 9.99. The molecule has 0 spiro atoms. The Morgan fingerprint density at radius 3 is 2.20 bits per heavy atom. The number of rotatable bonds is 9. The Balaban J connectivity index is 1.28. The Kier molecular flexibility index (Phi) is 7.30. The van der Waals surface area contributed by atoms with Gasteiger partial charge in [0.05, 0.1) is 0 Å². The molecule has 0 fully saturated rings. The van der Waals surface area contributed by atoms with Crippen LogP contribution in [0, 0.1) is 0 Å². The van der Waals surface area contributed by atoms with E-state index >= 15 is 0 Å². The molecule has 2 N–H and O–H groups in total. The summed E-state index contributed by atoms with van der Waals surface area (Å²) in [7, 11) is 1.75. The molecule has 4 aromatic rings. The van der Waals surface area contributed by atoms with Crippen molar-refractivity contribution in [2.24, 2.45) is 7.05 Å². The average molecular weight is 473 g/mol. The molecule has 0 aliphatic heterocycles. The Morgan fingerprint density at radius 2 is 1.60 bits per heavy atom. The number of benzene rings is 2. The molecule has 2 amide bonds. The maximum atomic E-state index is 12.6. The van der Waals surface area contributed by atoms with Crippen molar-refractivity contribution < 1.29 is 18.7 Å². The second-order valence-electron chi connectivity index (χ2n) is 8.29. The van der Waals surface area contributed by atoms with Crippen LogP contribution in [0.1, 0.15) is 58.6 Å². The van der Waals surface area contributed by atoms with Gasteiger partial charge in [0.1, 0.15) is 18.1 Å². The van der Waals surface area contributed by atoms with Crippen LogP contribution in [0.2, 0.25) is 0 Å². The molecule has 0 saturated heterocycles. The topological polar surface area (TPSA) is 98.4 Å². The molecule has 2 heterocycles. The van der Waals surface area contributed by atoms with Crippen molar-refractivity contribution in [3.8, 4) is 5.75 Å². The largest absolute Gasteiger partial charge is 0.486 e. The molecule has 4 rings (SSSR count). The smallest absolute Gasteiger partial charge is 0.291 e. The Hall–Kier alpha value is -4.33. The van der Waals surface area contributed by atoms with Crippen LogP contribution >= 0.6 is 0 Å². The summed E-state index contributed by atoms with van der Waals surface area (Å²) in [6, 6.07) is 19.8. The van der Waals surface area contributed by atoms with E-state index in [-0.39, 0.29) is 24.2 Å². The summed E-state index contributed by atoms with van der Waals surface area (Å²) < 4.78 is 13.0. The molecule has 1 atom stereocenters. The van der Waals surface area contributed by atoms with E-state index in [0.717, 1.165) is 12.2 Å². The first-order valence-corrected chi connectivity index (χ1v) is 11.4. The van der Waals surface area contributed by atoms with Crippen LogP contribution in [0.5, 0.6) is 5.75 Å². The molecular formula is C27H28N4O4. The second-order valence-corrected chi connectivity index (χ2v) is 8.29. The van der Waals surface area contributed by atoms with E-state index in [2.05, 4.69) is 41.7 Å². The van der Waals surface area contributed by atoms with Gasteiger partial charge in [0, 0.05) is 24.6 Å². The number of nitrogens with one attached hydrogen (secondary N) is 2. The molecule has 0 aliphatic rings. The number of carbonyl (C=O) groups excluding carboxylic acids is 2. The van der Waals surface area contributed by atoms with E-state index in [4.69, 9.17) is 9.15 Å². The van der Waals surface area contributed by atoms with Crippen molar-refractivity contribution >= 4 is 23.2 Å². The predicted octanol–water partition coefficient (Wildman–Crippen LogP) is 5.61. The molecule has 8 nitrogen and oxygen atoms in total. The van der Waals surface area contributed by atoms with E-state index in [1.165, 1.54) is 5.56 Å². The number of amides is 2. The molecular weight excluding hydrogens is 444 g/mol. The van der Waals surface area contributed by atoms with E-state index < -0.39 is 0 Å². The highest BCUT2D eigenvalue weighted by atomic mass is 16.5. The van der Waals surface area contributed by atoms with Gasteiger partial charge < -0.3 is 19.8 Å². The first kappa shape index (κ1) is 23.8. The molecule has 0 saturated carbocycles. The quantitative estimate of drug-likeness (QED) is 0.330. The fraction of sp³-hybridized carbons (Fsp3) is 0.222. The first-order valence-electron chi connectivity index (χ1n) is 11.4. The SMILES string of the molecule is CCC(C)c1ccc(OCc2ccc(C(=O)Nc3ccc(NC(=O)c4ccn(C)n4)cc3)o2)cc1. The van der Waals surface area contributed by atoms with Gasteiger partial charge in [-0.1, -0.05) is 26.0 Å². The lowest BCUT2D eigenvalue weighted by Crippen LogP contribution is -2.13. The van der Waals surface area contributed by atoms with Gasteiger partial charge in [0.15, 0.2) is 11.5 Å². The summed E-state index contributed by atoms with van der Waals surface area (Å²) in [4.78, 5) is 24.8. The molecule has 180 valence electrons. The summed E-state index contributed by atoms with van der Waals surface area (Å²) in [6.07, 6.45) is 2.79. The summed E-state index contributed by atoms with van der Waals surface area (Å²) in [6.45, 7) is 4.58. The maximum absolute atomic E-state index is 12.6. The van der Waals surface area contributed by atoms with Crippen LogP contribution in [0.4, 0.5) is 11.4 Å². The van der Waals surface area contributed by atoms with Crippen LogP contribution in [-0.4, -0.2) is 21.6 Å². The monoisotopic (exact) mass is 472 g/mol. The molecule has 0 bridgehead atoms. The van der Waals surface area contributed by atoms with Gasteiger partial charge in [-0.2, -0.15) is 5.10 Å². The van der Waals surface area contributed by atoms with Gasteiger partial charge >= 0.3 is 0 Å². The number of nitrogens with zero attached hydrogens (tertiary/aromatic N) is 2. The zero-order chi connectivity index (χ0) is 24.8. The Morgan fingerprint density at radius 1 is 0.943 bits per heavy atom. The highest BCUT2D eigenvalue weighted by Crippen LogP contribution is 2.22. The van der Waals surface area contributed by atoms with Gasteiger partial charge in [-0.25, -0.2) is 0 Å². The van der Waals surface area contributed by atoms with Gasteiger partial charge in [-0.15, -0.1) is 0 Å². The van der Waals surface area contributed by atoms with Gasteiger partial charge in [-0.05, 0) is 72.5 Å². The third kappa shape index (κ3) is 6.17. The van der Waals surface area contributed by atoms with Crippen molar-refractivity contribution in [3.05, 3.63) is 95.7 Å². The van der Waals surface area contributed by atoms with Gasteiger partial charge in [0.25, 0.3) is 11.8 Å². The van der Waals surface area contributed by atoms with Crippen molar-refractivity contribution in [1.29, 1.82) is 0 Å². The molecule has 35 heavy (non-hydrogen) atoms. The summed E-state index contributed by atoms with van der Waals surface area (Å²) >= 11 is 0. The minimum absolute atomic E-state index is 0.184. The number of carbonyl (C=O) groups is 2. The number of hydrogen-bond acceptors (Lipinski definition) is 5. The summed E-state index contributed by atoms with van der Waals surface area (Å²) in [5.74, 6) is 1.31. The van der Waals surface area contributed by atoms with E-state index in [0.29, 0.717) is 28.7 Å². The average Bonchev–Trinajstić information content (AvgIpc) is 3.53. The maximum Gasteiger partial charge on any atom is 0.291 e. The fourth-order valence-electron chi connectivity index (χ4n) is 3.42. The molecule has 2 aromatic carbocycles. The Labute approximate surface area is 203 Å². The van der Waals surface area contributed by atoms with Crippen LogP contribution < -0.4 is 15.4 Å². The van der Waals surface area contributed by atoms with E-state index in [1.807, 2.05) is 12.1 Å². The number of aryl methyl sites for hydroxylation is 1. The molecule has 8 heteroatoms. The standard InChI is InChI=1S/C27H28N4O4/c1-4-18(2)19-5-11-22(12-6-19)34-17-23-13-14-25(35-23)27(33)29-21-9-7-20(8-10-21)28-26(32)24-15-16-31(3)30-24/h5-16,18H,4,17H2,1-3H3,(H,28,32)(H,29,33). The fourth-order valence-corrected chi connectivity index (χ4v) is 3.42. The zero-order valence-electron chi connectivity index (χ0n) is 19.9. The third-order valence-corrected chi connectivity index (χ3v) is 5.67. The number of ether oxygens (including phenoxy) is 1. The highest BCUT2D eigenvalue weighted by molar-refractivity contribution is 6.04. The normalized spacial score (nSPS) is 11.6. The summed E-state index contributed by atoms with van der Waals surface area (Å²) in [5, 5.41) is 9.62. The second kappa shape index (κ2) is 10.7. The predicted molar refractivity (Wildman–Crippen MR) is 134 cm³/mol. The first-order chi connectivity index (χ1) is 16.9. The lowest BCUT2D eigenvalue weighted by Gasteiger charge is -2.10. The molecule has 2 aromatic heterocycles. The third-order valence-electron chi connectivity index (χ3n) is 5.67. The van der Waals surface area contributed by atoms with Crippen molar-refractivity contribution in [2.45, 2.75) is 32.8 Å². The summed E-state index contributed by atoms with van der Waals surface area (Å²) in [5.41, 5.74) is 2.76. The number of aromatic nitrogens is 2. The number of anilines is 2. The van der Waals surface area contributed by atoms with Crippen LogP contribution in [-0.2, 0) is 13.7 Å². The molecule has 0 aliphatic carbocycles. The van der Waals surface area contributed by atoms with Gasteiger partial charge in [0.2, 0.25) is 0 Å². The van der Waals surface area contributed by atoms with Crippen molar-refractivity contribution in [3.63, 3.8) is 0 Å². The number of hydrogen-bond donors (Lipinski definition) is 2. The molecule has 0 radical (unpaired) electrons. The zero-order valence-corrected chi connectivity index (χ0v) is 19.9. The van der Waals surface area contributed by atoms with Gasteiger partial charge in [-0.3, -0.25) is 14.3 Å². The Bertz CT molecular complexity index is 1290. The highest BCUT2D eigenvalue weighted by Gasteiger charge is 2.13. The number of furan rings is 1. The molecule has 1 unspecified atom stereocenters. The van der Waals surface area contributed by atoms with Crippen LogP contribution in [0.3, 0.4) is 0 Å².